The lowest BCUT2D eigenvalue weighted by Crippen LogP contribution is -2.65. The molecule has 12 unspecified atom stereocenters. The molecule has 2 saturated heterocycles. The maximum Gasteiger partial charge on any atom is 0.220 e. The Morgan fingerprint density at radius 3 is 1.22 bits per heavy atom. The third kappa shape index (κ3) is 41.5. The van der Waals surface area contributed by atoms with Crippen LogP contribution in [-0.2, 0) is 23.7 Å². The Balaban J connectivity index is 1.57. The Hall–Kier alpha value is -2.57. The number of carbonyl (C=O) groups excluding carboxylic acids is 1. The van der Waals surface area contributed by atoms with Crippen LogP contribution in [0.2, 0.25) is 0 Å². The van der Waals surface area contributed by atoms with Gasteiger partial charge in [0.15, 0.2) is 12.6 Å². The summed E-state index contributed by atoms with van der Waals surface area (Å²) in [4.78, 5) is 13.3. The summed E-state index contributed by atoms with van der Waals surface area (Å²) < 4.78 is 22.8. The summed E-state index contributed by atoms with van der Waals surface area (Å²) >= 11 is 0. The summed E-state index contributed by atoms with van der Waals surface area (Å²) in [6, 6.07) is -0.939. The van der Waals surface area contributed by atoms with Crippen LogP contribution in [0.5, 0.6) is 0 Å². The van der Waals surface area contributed by atoms with Gasteiger partial charge in [0.2, 0.25) is 5.91 Å². The number of carbonyl (C=O) groups is 1. The molecule has 0 spiro atoms. The largest absolute Gasteiger partial charge is 0.394 e. The van der Waals surface area contributed by atoms with Gasteiger partial charge >= 0.3 is 0 Å². The second-order valence-electron chi connectivity index (χ2n) is 25.0. The van der Waals surface area contributed by atoms with Crippen molar-refractivity contribution < 1.29 is 64.6 Å². The standard InChI is InChI=1S/C73H131NO13/c1-3-5-7-9-11-13-15-17-19-20-21-22-23-24-25-26-27-28-29-30-31-32-33-34-35-36-37-38-39-40-41-42-43-45-47-49-51-53-55-57-65(78)74-61(62(77)56-54-52-50-48-46-44-18-16-14-12-10-8-6-4-2)60-84-72-70(83)68(81)71(64(59-76)86-72)87-73-69(82)67(80)66(79)63(58-75)85-73/h14-17,20-21,23-24,46,48,54,56,61-64,66-73,75-77,79-83H,3-13,18-19,22,25-45,47,49-53,55,57-60H2,1-2H3,(H,74,78)/b16-14+,17-15-,21-20-,24-23-,48-46+,56-54+. The van der Waals surface area contributed by atoms with Gasteiger partial charge in [-0.2, -0.15) is 0 Å². The van der Waals surface area contributed by atoms with E-state index < -0.39 is 86.8 Å². The SMILES string of the molecule is CCCCCC/C=C/CC/C=C/CC/C=C/C(O)C(COC1OC(CO)C(OC2OC(CO)C(O)C(O)C2O)C(O)C1O)NC(=O)CCCCCCCCCCCCCCCCCCCCCCCCCC/C=C\C/C=C\C/C=C\CCCCCCC. The highest BCUT2D eigenvalue weighted by atomic mass is 16.7. The number of aliphatic hydroxyl groups is 8. The summed E-state index contributed by atoms with van der Waals surface area (Å²) in [5.41, 5.74) is 0. The molecule has 87 heavy (non-hydrogen) atoms. The molecule has 0 aromatic rings. The van der Waals surface area contributed by atoms with Crippen molar-refractivity contribution in [2.75, 3.05) is 19.8 Å². The fourth-order valence-corrected chi connectivity index (χ4v) is 11.4. The molecule has 0 radical (unpaired) electrons. The number of nitrogens with one attached hydrogen (secondary N) is 1. The first-order valence-corrected chi connectivity index (χ1v) is 35.7. The van der Waals surface area contributed by atoms with Crippen molar-refractivity contribution in [2.45, 2.75) is 364 Å². The zero-order chi connectivity index (χ0) is 63.1. The van der Waals surface area contributed by atoms with Gasteiger partial charge < -0.3 is 65.1 Å². The van der Waals surface area contributed by atoms with E-state index in [9.17, 15) is 45.6 Å². The first kappa shape index (κ1) is 80.5. The summed E-state index contributed by atoms with van der Waals surface area (Å²) in [5, 5.41) is 87.2. The molecule has 2 heterocycles. The molecule has 0 aliphatic carbocycles. The van der Waals surface area contributed by atoms with Crippen molar-refractivity contribution in [3.05, 3.63) is 72.9 Å². The molecule has 1 amide bonds. The Kier molecular flexibility index (Phi) is 53.1. The molecule has 0 saturated carbocycles. The Labute approximate surface area is 529 Å². The minimum absolute atomic E-state index is 0.251. The quantitative estimate of drug-likeness (QED) is 0.0204. The van der Waals surface area contributed by atoms with Crippen LogP contribution in [0, 0.1) is 0 Å². The van der Waals surface area contributed by atoms with E-state index >= 15 is 0 Å². The van der Waals surface area contributed by atoms with Gasteiger partial charge in [-0.15, -0.1) is 0 Å². The number of ether oxygens (including phenoxy) is 4. The molecule has 2 aliphatic rings. The predicted molar refractivity (Wildman–Crippen MR) is 355 cm³/mol. The molecule has 9 N–H and O–H groups in total. The average Bonchev–Trinajstić information content (AvgIpc) is 3.72. The van der Waals surface area contributed by atoms with Crippen LogP contribution >= 0.6 is 0 Å². The van der Waals surface area contributed by atoms with Crippen molar-refractivity contribution in [1.82, 2.24) is 5.32 Å². The minimum atomic E-state index is -1.79. The zero-order valence-corrected chi connectivity index (χ0v) is 55.0. The first-order valence-electron chi connectivity index (χ1n) is 35.7. The Morgan fingerprint density at radius 1 is 0.414 bits per heavy atom. The van der Waals surface area contributed by atoms with Gasteiger partial charge in [-0.05, 0) is 83.5 Å². The molecular formula is C73H131NO13. The summed E-state index contributed by atoms with van der Waals surface area (Å²) in [7, 11) is 0. The Morgan fingerprint density at radius 2 is 0.770 bits per heavy atom. The maximum absolute atomic E-state index is 13.3. The van der Waals surface area contributed by atoms with E-state index in [0.717, 1.165) is 57.8 Å². The number of rotatable bonds is 58. The predicted octanol–water partition coefficient (Wildman–Crippen LogP) is 14.6. The van der Waals surface area contributed by atoms with Gasteiger partial charge in [0.1, 0.15) is 48.8 Å². The van der Waals surface area contributed by atoms with Crippen molar-refractivity contribution in [3.8, 4) is 0 Å². The molecule has 2 fully saturated rings. The van der Waals surface area contributed by atoms with Crippen LogP contribution in [0.4, 0.5) is 0 Å². The van der Waals surface area contributed by atoms with E-state index in [4.69, 9.17) is 18.9 Å². The highest BCUT2D eigenvalue weighted by molar-refractivity contribution is 5.76. The van der Waals surface area contributed by atoms with Gasteiger partial charge in [-0.3, -0.25) is 4.79 Å². The summed E-state index contributed by atoms with van der Waals surface area (Å²) in [5.74, 6) is -0.251. The fraction of sp³-hybridized carbons (Fsp3) is 0.822. The van der Waals surface area contributed by atoms with E-state index in [1.165, 1.54) is 199 Å². The fourth-order valence-electron chi connectivity index (χ4n) is 11.4. The first-order chi connectivity index (χ1) is 42.6. The lowest BCUT2D eigenvalue weighted by molar-refractivity contribution is -0.359. The zero-order valence-electron chi connectivity index (χ0n) is 55.0. The van der Waals surface area contributed by atoms with E-state index in [1.807, 2.05) is 6.08 Å². The van der Waals surface area contributed by atoms with Gasteiger partial charge in [0.05, 0.1) is 32.0 Å². The molecule has 14 nitrogen and oxygen atoms in total. The number of hydrogen-bond acceptors (Lipinski definition) is 13. The highest BCUT2D eigenvalue weighted by Crippen LogP contribution is 2.30. The monoisotopic (exact) mass is 1230 g/mol. The third-order valence-corrected chi connectivity index (χ3v) is 17.1. The van der Waals surface area contributed by atoms with E-state index in [2.05, 4.69) is 79.9 Å². The van der Waals surface area contributed by atoms with Crippen LogP contribution in [0.3, 0.4) is 0 Å². The maximum atomic E-state index is 13.3. The lowest BCUT2D eigenvalue weighted by Gasteiger charge is -2.46. The average molecular weight is 1230 g/mol. The van der Waals surface area contributed by atoms with Crippen molar-refractivity contribution in [2.24, 2.45) is 0 Å². The number of hydrogen-bond donors (Lipinski definition) is 9. The van der Waals surface area contributed by atoms with Crippen LogP contribution < -0.4 is 5.32 Å². The third-order valence-electron chi connectivity index (χ3n) is 17.1. The number of amides is 1. The molecule has 14 heteroatoms. The highest BCUT2D eigenvalue weighted by Gasteiger charge is 2.51. The normalized spacial score (nSPS) is 23.7. The van der Waals surface area contributed by atoms with Crippen LogP contribution in [0.1, 0.15) is 290 Å². The van der Waals surface area contributed by atoms with Gasteiger partial charge in [0.25, 0.3) is 0 Å². The topological polar surface area (TPSA) is 228 Å². The second kappa shape index (κ2) is 57.3. The molecule has 0 aromatic heterocycles. The van der Waals surface area contributed by atoms with Crippen LogP contribution in [-0.4, -0.2) is 140 Å². The number of allylic oxidation sites excluding steroid dienone is 11. The molecule has 2 aliphatic heterocycles. The smallest absolute Gasteiger partial charge is 0.220 e. The van der Waals surface area contributed by atoms with Crippen LogP contribution in [0.25, 0.3) is 0 Å². The Bertz CT molecular complexity index is 1740. The van der Waals surface area contributed by atoms with Crippen molar-refractivity contribution in [3.63, 3.8) is 0 Å². The van der Waals surface area contributed by atoms with Gasteiger partial charge in [-0.1, -0.05) is 273 Å². The molecular weight excluding hydrogens is 1100 g/mol. The number of aliphatic hydroxyl groups excluding tert-OH is 8. The van der Waals surface area contributed by atoms with Gasteiger partial charge in [0, 0.05) is 6.42 Å². The van der Waals surface area contributed by atoms with E-state index in [-0.39, 0.29) is 18.9 Å². The van der Waals surface area contributed by atoms with E-state index in [0.29, 0.717) is 12.8 Å². The lowest BCUT2D eigenvalue weighted by atomic mass is 9.97. The van der Waals surface area contributed by atoms with Gasteiger partial charge in [-0.25, -0.2) is 0 Å². The second-order valence-corrected chi connectivity index (χ2v) is 25.0. The van der Waals surface area contributed by atoms with Crippen molar-refractivity contribution in [1.29, 1.82) is 0 Å². The minimum Gasteiger partial charge on any atom is -0.394 e. The summed E-state index contributed by atoms with van der Waals surface area (Å²) in [6.07, 6.45) is 61.3. The molecule has 2 rings (SSSR count). The molecule has 506 valence electrons. The molecule has 12 atom stereocenters. The van der Waals surface area contributed by atoms with Crippen LogP contribution in [0.15, 0.2) is 72.9 Å². The number of unbranched alkanes of at least 4 members (excludes halogenated alkanes) is 35. The summed E-state index contributed by atoms with van der Waals surface area (Å²) in [6.45, 7) is 2.75. The molecule has 0 bridgehead atoms. The van der Waals surface area contributed by atoms with E-state index in [1.54, 1.807) is 6.08 Å². The van der Waals surface area contributed by atoms with Crippen molar-refractivity contribution >= 4 is 5.91 Å². The molecule has 0 aromatic carbocycles.